The maximum atomic E-state index is 9.67. The van der Waals surface area contributed by atoms with Crippen molar-refractivity contribution >= 4 is 0 Å². The topological polar surface area (TPSA) is 38.7 Å². The largest absolute Gasteiger partial charge is 0.386 e. The summed E-state index contributed by atoms with van der Waals surface area (Å²) < 4.78 is 10.8. The van der Waals surface area contributed by atoms with Crippen molar-refractivity contribution in [2.24, 2.45) is 0 Å². The molecule has 3 heteroatoms. The lowest BCUT2D eigenvalue weighted by molar-refractivity contribution is -0.147. The summed E-state index contributed by atoms with van der Waals surface area (Å²) in [6.45, 7) is 8.05. The highest BCUT2D eigenvalue weighted by atomic mass is 16.7. The maximum absolute atomic E-state index is 9.67. The van der Waals surface area contributed by atoms with Crippen molar-refractivity contribution in [1.29, 1.82) is 0 Å². The van der Waals surface area contributed by atoms with Crippen molar-refractivity contribution in [1.82, 2.24) is 0 Å². The van der Waals surface area contributed by atoms with Gasteiger partial charge in [-0.2, -0.15) is 0 Å². The molecule has 76 valence electrons. The first-order chi connectivity index (χ1) is 5.91. The molecule has 0 aromatic heterocycles. The average molecular weight is 186 g/mol. The Hall–Kier alpha value is -0.380. The van der Waals surface area contributed by atoms with Gasteiger partial charge in [0.1, 0.15) is 12.2 Å². The van der Waals surface area contributed by atoms with Gasteiger partial charge < -0.3 is 14.6 Å². The first kappa shape index (κ1) is 10.7. The number of hydrogen-bond acceptors (Lipinski definition) is 3. The molecule has 1 aliphatic heterocycles. The highest BCUT2D eigenvalue weighted by molar-refractivity contribution is 5.01. The van der Waals surface area contributed by atoms with Crippen LogP contribution >= 0.6 is 0 Å². The minimum absolute atomic E-state index is 0.232. The summed E-state index contributed by atoms with van der Waals surface area (Å²) in [6.07, 6.45) is 0.992. The van der Waals surface area contributed by atoms with Crippen molar-refractivity contribution in [2.75, 3.05) is 6.61 Å². The Morgan fingerprint density at radius 1 is 1.54 bits per heavy atom. The standard InChI is InChI=1S/C10H18O3/c1-7(2)5-8(11)9-6-12-10(3,4)13-9/h5,8-9,11H,6H2,1-4H3/t8-,9-/m1/s1. The van der Waals surface area contributed by atoms with Crippen LogP contribution in [0.2, 0.25) is 0 Å². The minimum Gasteiger partial charge on any atom is -0.386 e. The number of hydrogen-bond donors (Lipinski definition) is 1. The van der Waals surface area contributed by atoms with E-state index in [1.54, 1.807) is 6.08 Å². The van der Waals surface area contributed by atoms with Crippen LogP contribution in [-0.4, -0.2) is 29.7 Å². The highest BCUT2D eigenvalue weighted by Crippen LogP contribution is 2.24. The first-order valence-electron chi connectivity index (χ1n) is 4.55. The van der Waals surface area contributed by atoms with Crippen molar-refractivity contribution < 1.29 is 14.6 Å². The fourth-order valence-corrected chi connectivity index (χ4v) is 1.33. The molecular formula is C10H18O3. The summed E-state index contributed by atoms with van der Waals surface area (Å²) in [5.41, 5.74) is 1.08. The first-order valence-corrected chi connectivity index (χ1v) is 4.55. The summed E-state index contributed by atoms with van der Waals surface area (Å²) in [7, 11) is 0. The Morgan fingerprint density at radius 2 is 2.15 bits per heavy atom. The van der Waals surface area contributed by atoms with Gasteiger partial charge in [0.2, 0.25) is 0 Å². The molecule has 13 heavy (non-hydrogen) atoms. The van der Waals surface area contributed by atoms with Gasteiger partial charge in [0.15, 0.2) is 5.79 Å². The van der Waals surface area contributed by atoms with Gasteiger partial charge in [0.25, 0.3) is 0 Å². The van der Waals surface area contributed by atoms with Gasteiger partial charge in [0, 0.05) is 0 Å². The second-order valence-corrected chi connectivity index (χ2v) is 4.10. The third-order valence-electron chi connectivity index (χ3n) is 1.92. The second kappa shape index (κ2) is 3.78. The lowest BCUT2D eigenvalue weighted by Crippen LogP contribution is -2.29. The zero-order valence-corrected chi connectivity index (χ0v) is 8.70. The molecule has 0 saturated carbocycles. The van der Waals surface area contributed by atoms with Gasteiger partial charge in [-0.3, -0.25) is 0 Å². The second-order valence-electron chi connectivity index (χ2n) is 4.10. The molecule has 0 aromatic carbocycles. The fraction of sp³-hybridized carbons (Fsp3) is 0.800. The van der Waals surface area contributed by atoms with E-state index in [-0.39, 0.29) is 6.10 Å². The van der Waals surface area contributed by atoms with Crippen molar-refractivity contribution in [3.63, 3.8) is 0 Å². The molecule has 0 aromatic rings. The van der Waals surface area contributed by atoms with E-state index >= 15 is 0 Å². The molecule has 0 radical (unpaired) electrons. The molecule has 1 rings (SSSR count). The van der Waals surface area contributed by atoms with Gasteiger partial charge in [-0.15, -0.1) is 0 Å². The van der Waals surface area contributed by atoms with E-state index in [1.807, 2.05) is 27.7 Å². The number of allylic oxidation sites excluding steroid dienone is 1. The molecule has 0 bridgehead atoms. The van der Waals surface area contributed by atoms with Crippen molar-refractivity contribution in [3.05, 3.63) is 11.6 Å². The normalized spacial score (nSPS) is 28.5. The van der Waals surface area contributed by atoms with E-state index in [0.29, 0.717) is 6.61 Å². The van der Waals surface area contributed by atoms with E-state index in [9.17, 15) is 5.11 Å². The Labute approximate surface area is 79.3 Å². The fourth-order valence-electron chi connectivity index (χ4n) is 1.33. The van der Waals surface area contributed by atoms with Gasteiger partial charge in [0.05, 0.1) is 6.61 Å². The molecule has 1 aliphatic rings. The molecule has 2 atom stereocenters. The quantitative estimate of drug-likeness (QED) is 0.664. The number of ether oxygens (including phenoxy) is 2. The molecule has 0 amide bonds. The van der Waals surface area contributed by atoms with Crippen LogP contribution in [0.1, 0.15) is 27.7 Å². The molecule has 0 unspecified atom stereocenters. The van der Waals surface area contributed by atoms with E-state index in [0.717, 1.165) is 5.57 Å². The van der Waals surface area contributed by atoms with Gasteiger partial charge in [-0.25, -0.2) is 0 Å². The summed E-state index contributed by atoms with van der Waals surface area (Å²) in [4.78, 5) is 0. The number of rotatable bonds is 2. The molecular weight excluding hydrogens is 168 g/mol. The third kappa shape index (κ3) is 3.10. The van der Waals surface area contributed by atoms with E-state index in [1.165, 1.54) is 0 Å². The molecule has 0 aliphatic carbocycles. The zero-order valence-electron chi connectivity index (χ0n) is 8.70. The monoisotopic (exact) mass is 186 g/mol. The van der Waals surface area contributed by atoms with E-state index < -0.39 is 11.9 Å². The summed E-state index contributed by atoms with van der Waals surface area (Å²) >= 11 is 0. The van der Waals surface area contributed by atoms with Crippen LogP contribution < -0.4 is 0 Å². The van der Waals surface area contributed by atoms with Gasteiger partial charge in [-0.1, -0.05) is 11.6 Å². The lowest BCUT2D eigenvalue weighted by atomic mass is 10.1. The number of aliphatic hydroxyl groups is 1. The van der Waals surface area contributed by atoms with Crippen LogP contribution in [0.15, 0.2) is 11.6 Å². The molecule has 1 fully saturated rings. The van der Waals surface area contributed by atoms with Gasteiger partial charge in [-0.05, 0) is 27.7 Å². The van der Waals surface area contributed by atoms with Crippen LogP contribution in [0.5, 0.6) is 0 Å². The van der Waals surface area contributed by atoms with E-state index in [4.69, 9.17) is 9.47 Å². The van der Waals surface area contributed by atoms with Crippen molar-refractivity contribution in [3.8, 4) is 0 Å². The highest BCUT2D eigenvalue weighted by Gasteiger charge is 2.35. The average Bonchev–Trinajstić information content (AvgIpc) is 2.28. The Bertz CT molecular complexity index is 204. The van der Waals surface area contributed by atoms with Crippen molar-refractivity contribution in [2.45, 2.75) is 45.7 Å². The number of aliphatic hydroxyl groups excluding tert-OH is 1. The maximum Gasteiger partial charge on any atom is 0.163 e. The van der Waals surface area contributed by atoms with Crippen LogP contribution in [0.4, 0.5) is 0 Å². The van der Waals surface area contributed by atoms with Crippen LogP contribution in [0.3, 0.4) is 0 Å². The summed E-state index contributed by atoms with van der Waals surface area (Å²) in [5, 5.41) is 9.67. The van der Waals surface area contributed by atoms with Crippen LogP contribution in [0, 0.1) is 0 Å². The molecule has 1 saturated heterocycles. The predicted octanol–water partition coefficient (Wildman–Crippen LogP) is 1.46. The zero-order chi connectivity index (χ0) is 10.1. The summed E-state index contributed by atoms with van der Waals surface area (Å²) in [5.74, 6) is -0.554. The molecule has 3 nitrogen and oxygen atoms in total. The van der Waals surface area contributed by atoms with Gasteiger partial charge >= 0.3 is 0 Å². The minimum atomic E-state index is -0.563. The predicted molar refractivity (Wildman–Crippen MR) is 50.3 cm³/mol. The van der Waals surface area contributed by atoms with E-state index in [2.05, 4.69) is 0 Å². The van der Waals surface area contributed by atoms with Crippen LogP contribution in [0.25, 0.3) is 0 Å². The molecule has 1 heterocycles. The van der Waals surface area contributed by atoms with Crippen LogP contribution in [-0.2, 0) is 9.47 Å². The summed E-state index contributed by atoms with van der Waals surface area (Å²) in [6, 6.07) is 0. The third-order valence-corrected chi connectivity index (χ3v) is 1.92. The SMILES string of the molecule is CC(C)=C[C@@H](O)[C@H]1COC(C)(C)O1. The Balaban J connectivity index is 2.51. The Kier molecular flexibility index (Phi) is 3.11. The molecule has 1 N–H and O–H groups in total. The lowest BCUT2D eigenvalue weighted by Gasteiger charge is -2.18. The molecule has 0 spiro atoms. The smallest absolute Gasteiger partial charge is 0.163 e. The Morgan fingerprint density at radius 3 is 2.54 bits per heavy atom.